The van der Waals surface area contributed by atoms with Gasteiger partial charge in [0, 0.05) is 32.3 Å². The molecule has 1 fully saturated rings. The summed E-state index contributed by atoms with van der Waals surface area (Å²) in [7, 11) is 1.50. The first-order valence-electron chi connectivity index (χ1n) is 4.43. The van der Waals surface area contributed by atoms with E-state index >= 15 is 0 Å². The van der Waals surface area contributed by atoms with Crippen LogP contribution < -0.4 is 5.73 Å². The Morgan fingerprint density at radius 1 is 1.29 bits per heavy atom. The highest BCUT2D eigenvalue weighted by Crippen LogP contribution is 2.42. The lowest BCUT2D eigenvalue weighted by Crippen LogP contribution is -2.18. The van der Waals surface area contributed by atoms with E-state index < -0.39 is 0 Å². The Bertz CT molecular complexity index is 384. The molecule has 3 heteroatoms. The minimum absolute atomic E-state index is 0.0238. The van der Waals surface area contributed by atoms with Crippen molar-refractivity contribution in [3.8, 4) is 11.2 Å². The molecule has 2 N–H and O–H groups in total. The van der Waals surface area contributed by atoms with Gasteiger partial charge in [0.25, 0.3) is 0 Å². The average Bonchev–Trinajstić information content (AvgIpc) is 2.96. The number of hydrogen-bond acceptors (Lipinski definition) is 2. The van der Waals surface area contributed by atoms with Crippen LogP contribution in [0, 0.1) is 11.2 Å². The highest BCUT2D eigenvalue weighted by Gasteiger charge is 2.39. The van der Waals surface area contributed by atoms with Gasteiger partial charge in [-0.05, 0) is 44.7 Å². The van der Waals surface area contributed by atoms with Crippen LogP contribution in [0.25, 0.3) is 0 Å². The van der Waals surface area contributed by atoms with E-state index in [0.717, 1.165) is 18.4 Å². The molecule has 2 rings (SSSR count). The molecule has 0 aliphatic heterocycles. The smallest absolute Gasteiger partial charge is 0.0411 e. The van der Waals surface area contributed by atoms with Crippen molar-refractivity contribution in [1.29, 1.82) is 0 Å². The molecule has 0 heterocycles. The van der Waals surface area contributed by atoms with Crippen LogP contribution in [0.15, 0.2) is 24.3 Å². The van der Waals surface area contributed by atoms with Crippen LogP contribution in [0.3, 0.4) is 0 Å². The Kier molecular flexibility index (Phi) is 3.05. The molecule has 0 radical (unpaired) electrons. The second kappa shape index (κ2) is 4.13. The fourth-order valence-electron chi connectivity index (χ4n) is 1.39. The minimum atomic E-state index is -0.0238. The van der Waals surface area contributed by atoms with Crippen LogP contribution in [0.1, 0.15) is 24.0 Å². The van der Waals surface area contributed by atoms with Gasteiger partial charge in [0.1, 0.15) is 0 Å². The predicted molar refractivity (Wildman–Crippen MR) is 70.0 cm³/mol. The van der Waals surface area contributed by atoms with Crippen molar-refractivity contribution in [2.24, 2.45) is 5.73 Å². The average molecular weight is 315 g/mol. The number of rotatable bonds is 1. The van der Waals surface area contributed by atoms with E-state index in [1.165, 1.54) is 14.5 Å². The highest BCUT2D eigenvalue weighted by molar-refractivity contribution is 14.2. The second-order valence-corrected chi connectivity index (χ2v) is 5.22. The van der Waals surface area contributed by atoms with Crippen molar-refractivity contribution in [3.05, 3.63) is 35.4 Å². The zero-order valence-electron chi connectivity index (χ0n) is 7.59. The summed E-state index contributed by atoms with van der Waals surface area (Å²) in [6.07, 6.45) is 2.23. The van der Waals surface area contributed by atoms with E-state index in [1.807, 2.05) is 12.1 Å². The van der Waals surface area contributed by atoms with E-state index in [1.54, 1.807) is 0 Å². The largest absolute Gasteiger partial charge is 0.321 e. The summed E-state index contributed by atoms with van der Waals surface area (Å²) in [4.78, 5) is 0. The van der Waals surface area contributed by atoms with Crippen LogP contribution in [0.4, 0.5) is 0 Å². The second-order valence-electron chi connectivity index (χ2n) is 3.54. The standard InChI is InChI=1S/C11H10INS/c12-14-8-5-9-1-3-10(4-2-9)11(13)6-7-11/h1-4H,6-7,13H2. The fraction of sp³-hybridized carbons (Fsp3) is 0.273. The van der Waals surface area contributed by atoms with Crippen molar-refractivity contribution in [3.63, 3.8) is 0 Å². The van der Waals surface area contributed by atoms with E-state index in [-0.39, 0.29) is 5.54 Å². The Hall–Kier alpha value is -0.180. The first kappa shape index (κ1) is 10.3. The molecule has 14 heavy (non-hydrogen) atoms. The predicted octanol–water partition coefficient (Wildman–Crippen LogP) is 3.03. The summed E-state index contributed by atoms with van der Waals surface area (Å²) in [6.45, 7) is 0. The molecule has 1 aromatic carbocycles. The van der Waals surface area contributed by atoms with Gasteiger partial charge in [0.2, 0.25) is 0 Å². The van der Waals surface area contributed by atoms with Crippen LogP contribution in [0.5, 0.6) is 0 Å². The maximum atomic E-state index is 6.08. The van der Waals surface area contributed by atoms with Crippen LogP contribution in [-0.4, -0.2) is 0 Å². The number of hydrogen-bond donors (Lipinski definition) is 1. The molecule has 0 amide bonds. The third-order valence-corrected chi connectivity index (χ3v) is 3.32. The van der Waals surface area contributed by atoms with Gasteiger partial charge in [-0.25, -0.2) is 0 Å². The van der Waals surface area contributed by atoms with Gasteiger partial charge in [-0.3, -0.25) is 0 Å². The molecule has 1 aromatic rings. The molecule has 0 bridgehead atoms. The van der Waals surface area contributed by atoms with Crippen molar-refractivity contribution in [2.75, 3.05) is 0 Å². The van der Waals surface area contributed by atoms with Gasteiger partial charge in [-0.15, -0.1) is 0 Å². The molecule has 1 aliphatic carbocycles. The normalized spacial score (nSPS) is 17.0. The number of halogens is 1. The number of nitrogens with two attached hydrogens (primary N) is 1. The van der Waals surface area contributed by atoms with E-state index in [4.69, 9.17) is 5.73 Å². The lowest BCUT2D eigenvalue weighted by molar-refractivity contribution is 0.740. The fourth-order valence-corrected chi connectivity index (χ4v) is 1.87. The van der Waals surface area contributed by atoms with E-state index in [0.29, 0.717) is 0 Å². The number of benzene rings is 1. The summed E-state index contributed by atoms with van der Waals surface area (Å²) < 4.78 is 0. The molecule has 72 valence electrons. The molecule has 0 aromatic heterocycles. The van der Waals surface area contributed by atoms with Gasteiger partial charge >= 0.3 is 0 Å². The zero-order valence-corrected chi connectivity index (χ0v) is 10.6. The maximum absolute atomic E-state index is 6.08. The molecule has 0 saturated heterocycles. The van der Waals surface area contributed by atoms with Gasteiger partial charge in [-0.2, -0.15) is 0 Å². The van der Waals surface area contributed by atoms with Gasteiger partial charge in [0.15, 0.2) is 0 Å². The first-order chi connectivity index (χ1) is 6.74. The van der Waals surface area contributed by atoms with Crippen LogP contribution in [-0.2, 0) is 5.54 Å². The Morgan fingerprint density at radius 3 is 2.43 bits per heavy atom. The Morgan fingerprint density at radius 2 is 1.93 bits per heavy atom. The Labute approximate surface area is 100 Å². The van der Waals surface area contributed by atoms with Crippen molar-refractivity contribution < 1.29 is 0 Å². The molecule has 0 atom stereocenters. The molecular weight excluding hydrogens is 305 g/mol. The summed E-state index contributed by atoms with van der Waals surface area (Å²) in [5, 5.41) is 2.96. The molecular formula is C11H10INS. The molecule has 1 aliphatic rings. The zero-order chi connectivity index (χ0) is 10.0. The molecule has 0 unspecified atom stereocenters. The van der Waals surface area contributed by atoms with Gasteiger partial charge in [0.05, 0.1) is 0 Å². The Balaban J connectivity index is 2.18. The van der Waals surface area contributed by atoms with E-state index in [2.05, 4.69) is 44.5 Å². The summed E-state index contributed by atoms with van der Waals surface area (Å²) in [5.74, 6) is 3.06. The van der Waals surface area contributed by atoms with E-state index in [9.17, 15) is 0 Å². The van der Waals surface area contributed by atoms with Crippen LogP contribution in [0.2, 0.25) is 0 Å². The first-order valence-corrected chi connectivity index (χ1v) is 7.78. The van der Waals surface area contributed by atoms with Gasteiger partial charge in [-0.1, -0.05) is 18.1 Å². The SMILES string of the molecule is NC1(c2ccc(C#CSI)cc2)CC1. The summed E-state index contributed by atoms with van der Waals surface area (Å²) >= 11 is 2.17. The highest BCUT2D eigenvalue weighted by atomic mass is 127. The lowest BCUT2D eigenvalue weighted by atomic mass is 10.0. The van der Waals surface area contributed by atoms with Crippen molar-refractivity contribution >= 4 is 30.1 Å². The topological polar surface area (TPSA) is 26.0 Å². The van der Waals surface area contributed by atoms with Crippen molar-refractivity contribution in [2.45, 2.75) is 18.4 Å². The summed E-state index contributed by atoms with van der Waals surface area (Å²) in [6, 6.07) is 8.27. The molecule has 1 nitrogen and oxygen atoms in total. The maximum Gasteiger partial charge on any atom is 0.0411 e. The minimum Gasteiger partial charge on any atom is -0.321 e. The van der Waals surface area contributed by atoms with Crippen molar-refractivity contribution in [1.82, 2.24) is 0 Å². The van der Waals surface area contributed by atoms with Crippen LogP contribution >= 0.6 is 30.1 Å². The monoisotopic (exact) mass is 315 g/mol. The third kappa shape index (κ3) is 2.25. The lowest BCUT2D eigenvalue weighted by Gasteiger charge is -2.07. The summed E-state index contributed by atoms with van der Waals surface area (Å²) in [5.41, 5.74) is 8.35. The van der Waals surface area contributed by atoms with Gasteiger partial charge < -0.3 is 5.73 Å². The third-order valence-electron chi connectivity index (χ3n) is 2.48. The molecule has 0 spiro atoms. The quantitative estimate of drug-likeness (QED) is 0.637. The molecule has 1 saturated carbocycles.